The highest BCUT2D eigenvalue weighted by Crippen LogP contribution is 2.27. The van der Waals surface area contributed by atoms with Crippen LogP contribution in [0.5, 0.6) is 5.75 Å². The first-order valence-corrected chi connectivity index (χ1v) is 6.91. The minimum atomic E-state index is -0.800. The zero-order chi connectivity index (χ0) is 14.7. The molecular formula is C14H9Cl3F2O. The third kappa shape index (κ3) is 3.54. The molecule has 2 rings (SSSR count). The maximum atomic E-state index is 13.7. The molecule has 20 heavy (non-hydrogen) atoms. The van der Waals surface area contributed by atoms with Crippen molar-refractivity contribution >= 4 is 34.8 Å². The van der Waals surface area contributed by atoms with Gasteiger partial charge in [-0.2, -0.15) is 0 Å². The Labute approximate surface area is 130 Å². The van der Waals surface area contributed by atoms with Gasteiger partial charge >= 0.3 is 0 Å². The molecule has 0 unspecified atom stereocenters. The van der Waals surface area contributed by atoms with Gasteiger partial charge in [0.2, 0.25) is 0 Å². The maximum absolute atomic E-state index is 13.7. The van der Waals surface area contributed by atoms with E-state index in [1.54, 1.807) is 12.1 Å². The van der Waals surface area contributed by atoms with Crippen molar-refractivity contribution in [1.82, 2.24) is 0 Å². The summed E-state index contributed by atoms with van der Waals surface area (Å²) in [4.78, 5) is 0. The predicted molar refractivity (Wildman–Crippen MR) is 76.7 cm³/mol. The number of ether oxygens (including phenoxy) is 1. The summed E-state index contributed by atoms with van der Waals surface area (Å²) >= 11 is 17.2. The molecule has 2 aromatic rings. The zero-order valence-electron chi connectivity index (χ0n) is 10.1. The Morgan fingerprint density at radius 1 is 1.00 bits per heavy atom. The molecule has 0 fully saturated rings. The van der Waals surface area contributed by atoms with E-state index in [-0.39, 0.29) is 12.5 Å². The van der Waals surface area contributed by atoms with Crippen LogP contribution in [0.4, 0.5) is 8.78 Å². The molecule has 2 aromatic carbocycles. The van der Waals surface area contributed by atoms with Crippen molar-refractivity contribution in [2.45, 2.75) is 12.5 Å². The van der Waals surface area contributed by atoms with Crippen molar-refractivity contribution in [3.63, 3.8) is 0 Å². The Bertz CT molecular complexity index is 609. The van der Waals surface area contributed by atoms with Crippen LogP contribution in [0.15, 0.2) is 30.3 Å². The largest absolute Gasteiger partial charge is 0.483 e. The summed E-state index contributed by atoms with van der Waals surface area (Å²) in [5.41, 5.74) is 0.926. The van der Waals surface area contributed by atoms with Crippen LogP contribution in [0.25, 0.3) is 0 Å². The predicted octanol–water partition coefficient (Wildman–Crippen LogP) is 5.59. The summed E-state index contributed by atoms with van der Waals surface area (Å²) < 4.78 is 32.5. The summed E-state index contributed by atoms with van der Waals surface area (Å²) in [6.45, 7) is -0.0654. The van der Waals surface area contributed by atoms with Crippen LogP contribution in [0.2, 0.25) is 10.0 Å². The fourth-order valence-electron chi connectivity index (χ4n) is 1.62. The van der Waals surface area contributed by atoms with E-state index in [1.807, 2.05) is 0 Å². The normalized spacial score (nSPS) is 10.7. The highest BCUT2D eigenvalue weighted by Gasteiger charge is 2.13. The van der Waals surface area contributed by atoms with E-state index in [2.05, 4.69) is 0 Å². The Morgan fingerprint density at radius 3 is 2.20 bits per heavy atom. The number of hydrogen-bond acceptors (Lipinski definition) is 1. The molecule has 0 N–H and O–H groups in total. The molecule has 0 aliphatic carbocycles. The summed E-state index contributed by atoms with van der Waals surface area (Å²) in [5.74, 6) is -2.03. The van der Waals surface area contributed by atoms with Gasteiger partial charge in [0.05, 0.1) is 0 Å². The molecule has 0 aromatic heterocycles. The fraction of sp³-hybridized carbons (Fsp3) is 0.143. The van der Waals surface area contributed by atoms with Crippen LogP contribution in [0, 0.1) is 11.6 Å². The highest BCUT2D eigenvalue weighted by atomic mass is 35.5. The average molecular weight is 338 g/mol. The second-order valence-corrected chi connectivity index (χ2v) is 5.16. The second-order valence-electron chi connectivity index (χ2n) is 4.05. The van der Waals surface area contributed by atoms with Gasteiger partial charge in [0, 0.05) is 21.5 Å². The third-order valence-electron chi connectivity index (χ3n) is 2.60. The average Bonchev–Trinajstić information content (AvgIpc) is 2.39. The number of hydrogen-bond donors (Lipinski definition) is 0. The lowest BCUT2D eigenvalue weighted by molar-refractivity contribution is 0.274. The van der Waals surface area contributed by atoms with Gasteiger partial charge in [-0.15, -0.1) is 11.6 Å². The van der Waals surface area contributed by atoms with Gasteiger partial charge in [0.15, 0.2) is 17.4 Å². The fourth-order valence-corrected chi connectivity index (χ4v) is 2.23. The van der Waals surface area contributed by atoms with Crippen molar-refractivity contribution in [2.75, 3.05) is 0 Å². The van der Waals surface area contributed by atoms with Gasteiger partial charge < -0.3 is 4.74 Å². The Hall–Kier alpha value is -1.03. The summed E-state index contributed by atoms with van der Waals surface area (Å²) in [5, 5.41) is 0.846. The molecule has 106 valence electrons. The van der Waals surface area contributed by atoms with Gasteiger partial charge in [0.1, 0.15) is 6.61 Å². The number of halogens is 5. The maximum Gasteiger partial charge on any atom is 0.191 e. The lowest BCUT2D eigenvalue weighted by atomic mass is 10.2. The van der Waals surface area contributed by atoms with Gasteiger partial charge in [-0.05, 0) is 29.8 Å². The van der Waals surface area contributed by atoms with Crippen LogP contribution in [0.3, 0.4) is 0 Å². The Morgan fingerprint density at radius 2 is 1.65 bits per heavy atom. The molecule has 6 heteroatoms. The van der Waals surface area contributed by atoms with Crippen molar-refractivity contribution in [3.8, 4) is 5.75 Å². The van der Waals surface area contributed by atoms with Gasteiger partial charge in [0.25, 0.3) is 0 Å². The standard InChI is InChI=1S/C14H9Cl3F2O/c15-6-8-3-12(18)14(13(19)4-8)20-7-9-1-2-10(16)5-11(9)17/h1-5H,6-7H2. The number of rotatable bonds is 4. The molecule has 0 bridgehead atoms. The molecule has 0 amide bonds. The van der Waals surface area contributed by atoms with Crippen LogP contribution < -0.4 is 4.74 Å². The molecule has 0 spiro atoms. The lowest BCUT2D eigenvalue weighted by Gasteiger charge is -2.10. The Kier molecular flexibility index (Phi) is 5.08. The van der Waals surface area contributed by atoms with E-state index in [0.29, 0.717) is 21.2 Å². The summed E-state index contributed by atoms with van der Waals surface area (Å²) in [6, 6.07) is 7.05. The topological polar surface area (TPSA) is 9.23 Å². The first-order chi connectivity index (χ1) is 9.51. The third-order valence-corrected chi connectivity index (χ3v) is 3.50. The molecule has 0 saturated carbocycles. The second kappa shape index (κ2) is 6.61. The molecule has 0 radical (unpaired) electrons. The lowest BCUT2D eigenvalue weighted by Crippen LogP contribution is -2.01. The minimum Gasteiger partial charge on any atom is -0.483 e. The molecule has 0 saturated heterocycles. The van der Waals surface area contributed by atoms with E-state index in [0.717, 1.165) is 12.1 Å². The molecule has 0 atom stereocenters. The molecule has 0 aliphatic rings. The van der Waals surface area contributed by atoms with Crippen molar-refractivity contribution in [2.24, 2.45) is 0 Å². The first kappa shape index (κ1) is 15.4. The highest BCUT2D eigenvalue weighted by molar-refractivity contribution is 6.35. The van der Waals surface area contributed by atoms with E-state index in [4.69, 9.17) is 39.5 Å². The van der Waals surface area contributed by atoms with Crippen molar-refractivity contribution < 1.29 is 13.5 Å². The Balaban J connectivity index is 2.19. The van der Waals surface area contributed by atoms with E-state index in [1.165, 1.54) is 6.07 Å². The van der Waals surface area contributed by atoms with Crippen LogP contribution >= 0.6 is 34.8 Å². The number of benzene rings is 2. The SMILES string of the molecule is Fc1cc(CCl)cc(F)c1OCc1ccc(Cl)cc1Cl. The van der Waals surface area contributed by atoms with E-state index in [9.17, 15) is 8.78 Å². The molecule has 0 aliphatic heterocycles. The number of alkyl halides is 1. The first-order valence-electron chi connectivity index (χ1n) is 5.62. The molecule has 0 heterocycles. The van der Waals surface area contributed by atoms with Gasteiger partial charge in [-0.1, -0.05) is 29.3 Å². The monoisotopic (exact) mass is 336 g/mol. The van der Waals surface area contributed by atoms with Gasteiger partial charge in [-0.3, -0.25) is 0 Å². The van der Waals surface area contributed by atoms with Crippen molar-refractivity contribution in [3.05, 3.63) is 63.1 Å². The van der Waals surface area contributed by atoms with E-state index >= 15 is 0 Å². The van der Waals surface area contributed by atoms with Crippen LogP contribution in [0.1, 0.15) is 11.1 Å². The van der Waals surface area contributed by atoms with Crippen LogP contribution in [-0.4, -0.2) is 0 Å². The zero-order valence-corrected chi connectivity index (χ0v) is 12.4. The quantitative estimate of drug-likeness (QED) is 0.661. The van der Waals surface area contributed by atoms with Gasteiger partial charge in [-0.25, -0.2) is 8.78 Å². The smallest absolute Gasteiger partial charge is 0.191 e. The minimum absolute atomic E-state index is 0.0249. The molecule has 1 nitrogen and oxygen atoms in total. The van der Waals surface area contributed by atoms with Crippen LogP contribution in [-0.2, 0) is 12.5 Å². The van der Waals surface area contributed by atoms with E-state index < -0.39 is 17.4 Å². The summed E-state index contributed by atoms with van der Waals surface area (Å²) in [7, 11) is 0. The summed E-state index contributed by atoms with van der Waals surface area (Å²) in [6.07, 6.45) is 0. The molecular weight excluding hydrogens is 329 g/mol. The van der Waals surface area contributed by atoms with Crippen molar-refractivity contribution in [1.29, 1.82) is 0 Å².